The van der Waals surface area contributed by atoms with E-state index < -0.39 is 0 Å². The molecule has 0 heterocycles. The van der Waals surface area contributed by atoms with E-state index in [1.165, 1.54) is 25.7 Å². The summed E-state index contributed by atoms with van der Waals surface area (Å²) < 4.78 is 0. The third-order valence-corrected chi connectivity index (χ3v) is 4.48. The van der Waals surface area contributed by atoms with Gasteiger partial charge >= 0.3 is 0 Å². The molecule has 2 rings (SSSR count). The zero-order valence-electron chi connectivity index (χ0n) is 11.5. The van der Waals surface area contributed by atoms with Gasteiger partial charge in [0.2, 0.25) is 0 Å². The second-order valence-corrected chi connectivity index (χ2v) is 6.25. The molecule has 1 aliphatic carbocycles. The normalized spacial score (nSPS) is 22.9. The monoisotopic (exact) mass is 296 g/mol. The lowest BCUT2D eigenvalue weighted by Crippen LogP contribution is -2.43. The van der Waals surface area contributed by atoms with Gasteiger partial charge < -0.3 is 10.6 Å². The Hall–Kier alpha value is -0.800. The topological polar surface area (TPSA) is 24.1 Å². The Morgan fingerprint density at radius 3 is 2.74 bits per heavy atom. The fourth-order valence-electron chi connectivity index (χ4n) is 2.54. The lowest BCUT2D eigenvalue weighted by atomic mass is 9.86. The minimum Gasteiger partial charge on any atom is -0.359 e. The molecule has 19 heavy (non-hydrogen) atoms. The van der Waals surface area contributed by atoms with Crippen LogP contribution in [0.15, 0.2) is 18.2 Å². The van der Waals surface area contributed by atoms with E-state index in [-0.39, 0.29) is 0 Å². The number of hydrogen-bond acceptors (Lipinski definition) is 1. The van der Waals surface area contributed by atoms with Crippen molar-refractivity contribution in [2.45, 2.75) is 45.6 Å². The Bertz CT molecular complexity index is 461. The summed E-state index contributed by atoms with van der Waals surface area (Å²) in [6.45, 7) is 4.29. The maximum Gasteiger partial charge on any atom is 0.171 e. The minimum atomic E-state index is 0.495. The highest BCUT2D eigenvalue weighted by atomic mass is 35.5. The highest BCUT2D eigenvalue weighted by Crippen LogP contribution is 2.24. The molecule has 0 unspecified atom stereocenters. The van der Waals surface area contributed by atoms with Crippen molar-refractivity contribution in [1.29, 1.82) is 0 Å². The number of thiocarbonyl (C=S) groups is 1. The molecular weight excluding hydrogens is 276 g/mol. The molecule has 0 amide bonds. The Labute approximate surface area is 125 Å². The van der Waals surface area contributed by atoms with Gasteiger partial charge in [-0.1, -0.05) is 37.4 Å². The molecule has 0 aromatic heterocycles. The van der Waals surface area contributed by atoms with Crippen LogP contribution in [0.2, 0.25) is 5.02 Å². The van der Waals surface area contributed by atoms with E-state index in [2.05, 4.69) is 17.6 Å². The highest BCUT2D eigenvalue weighted by molar-refractivity contribution is 7.80. The van der Waals surface area contributed by atoms with Gasteiger partial charge in [0, 0.05) is 16.8 Å². The predicted octanol–water partition coefficient (Wildman–Crippen LogP) is 4.51. The number of hydrogen-bond donors (Lipinski definition) is 2. The first-order chi connectivity index (χ1) is 9.06. The molecule has 1 aromatic rings. The van der Waals surface area contributed by atoms with Crippen molar-refractivity contribution in [1.82, 2.24) is 5.32 Å². The minimum absolute atomic E-state index is 0.495. The fourth-order valence-corrected chi connectivity index (χ4v) is 2.99. The van der Waals surface area contributed by atoms with Crippen molar-refractivity contribution in [2.75, 3.05) is 5.32 Å². The van der Waals surface area contributed by atoms with Crippen molar-refractivity contribution in [3.63, 3.8) is 0 Å². The average molecular weight is 297 g/mol. The van der Waals surface area contributed by atoms with Crippen LogP contribution >= 0.6 is 23.8 Å². The van der Waals surface area contributed by atoms with Crippen LogP contribution in [0, 0.1) is 12.8 Å². The van der Waals surface area contributed by atoms with Gasteiger partial charge in [0.1, 0.15) is 0 Å². The van der Waals surface area contributed by atoms with Gasteiger partial charge in [-0.05, 0) is 55.6 Å². The van der Waals surface area contributed by atoms with E-state index in [0.717, 1.165) is 16.3 Å². The second-order valence-electron chi connectivity index (χ2n) is 5.43. The molecule has 2 nitrogen and oxygen atoms in total. The molecular formula is C15H21ClN2S. The number of aryl methyl sites for hydroxylation is 1. The van der Waals surface area contributed by atoms with Gasteiger partial charge in [-0.2, -0.15) is 0 Å². The third kappa shape index (κ3) is 4.08. The first kappa shape index (κ1) is 14.6. The van der Waals surface area contributed by atoms with E-state index in [1.807, 2.05) is 25.1 Å². The van der Waals surface area contributed by atoms with Gasteiger partial charge in [0.25, 0.3) is 0 Å². The van der Waals surface area contributed by atoms with Crippen LogP contribution in [0.5, 0.6) is 0 Å². The highest BCUT2D eigenvalue weighted by Gasteiger charge is 2.21. The summed E-state index contributed by atoms with van der Waals surface area (Å²) in [5.74, 6) is 0.690. The number of benzene rings is 1. The maximum atomic E-state index is 6.11. The van der Waals surface area contributed by atoms with Crippen molar-refractivity contribution in [3.05, 3.63) is 28.8 Å². The number of halogens is 1. The van der Waals surface area contributed by atoms with Gasteiger partial charge in [-0.15, -0.1) is 0 Å². The predicted molar refractivity (Wildman–Crippen MR) is 87.0 cm³/mol. The van der Waals surface area contributed by atoms with Crippen molar-refractivity contribution in [2.24, 2.45) is 5.92 Å². The molecule has 1 saturated carbocycles. The summed E-state index contributed by atoms with van der Waals surface area (Å²) in [5, 5.41) is 8.10. The zero-order chi connectivity index (χ0) is 13.8. The Kier molecular flexibility index (Phi) is 5.06. The van der Waals surface area contributed by atoms with Gasteiger partial charge in [-0.3, -0.25) is 0 Å². The van der Waals surface area contributed by atoms with Crippen LogP contribution in [0.1, 0.15) is 38.2 Å². The second kappa shape index (κ2) is 6.58. The van der Waals surface area contributed by atoms with Crippen LogP contribution in [0.25, 0.3) is 0 Å². The molecule has 0 saturated heterocycles. The van der Waals surface area contributed by atoms with Gasteiger partial charge in [0.15, 0.2) is 5.11 Å². The van der Waals surface area contributed by atoms with Crippen LogP contribution < -0.4 is 10.6 Å². The third-order valence-electron chi connectivity index (χ3n) is 3.86. The summed E-state index contributed by atoms with van der Waals surface area (Å²) in [6.07, 6.45) is 5.13. The molecule has 2 atom stereocenters. The Morgan fingerprint density at radius 1 is 1.32 bits per heavy atom. The Morgan fingerprint density at radius 2 is 2.05 bits per heavy atom. The van der Waals surface area contributed by atoms with Gasteiger partial charge in [0.05, 0.1) is 0 Å². The smallest absolute Gasteiger partial charge is 0.171 e. The summed E-state index contributed by atoms with van der Waals surface area (Å²) in [7, 11) is 0. The molecule has 4 heteroatoms. The molecule has 0 radical (unpaired) electrons. The quantitative estimate of drug-likeness (QED) is 0.785. The number of nitrogens with one attached hydrogen (secondary N) is 2. The number of rotatable bonds is 2. The molecule has 1 aliphatic rings. The van der Waals surface area contributed by atoms with E-state index >= 15 is 0 Å². The largest absolute Gasteiger partial charge is 0.359 e. The van der Waals surface area contributed by atoms with E-state index in [0.29, 0.717) is 17.1 Å². The summed E-state index contributed by atoms with van der Waals surface area (Å²) in [5.41, 5.74) is 2.02. The first-order valence-corrected chi connectivity index (χ1v) is 7.68. The molecule has 104 valence electrons. The summed E-state index contributed by atoms with van der Waals surface area (Å²) in [6, 6.07) is 6.40. The maximum absolute atomic E-state index is 6.11. The van der Waals surface area contributed by atoms with Gasteiger partial charge in [-0.25, -0.2) is 0 Å². The molecule has 1 aromatic carbocycles. The van der Waals surface area contributed by atoms with Crippen LogP contribution in [-0.4, -0.2) is 11.2 Å². The van der Waals surface area contributed by atoms with E-state index in [4.69, 9.17) is 23.8 Å². The van der Waals surface area contributed by atoms with Crippen LogP contribution in [0.4, 0.5) is 5.69 Å². The van der Waals surface area contributed by atoms with E-state index in [9.17, 15) is 0 Å². The standard InChI is InChI=1S/C15H21ClN2S/c1-10-7-8-12(9-13(10)16)17-15(19)18-14-6-4-3-5-11(14)2/h7-9,11,14H,3-6H2,1-2H3,(H2,17,18,19)/t11-,14-/m0/s1. The molecule has 2 N–H and O–H groups in total. The van der Waals surface area contributed by atoms with Crippen molar-refractivity contribution >= 4 is 34.6 Å². The average Bonchev–Trinajstić information content (AvgIpc) is 2.37. The molecule has 0 aliphatic heterocycles. The summed E-state index contributed by atoms with van der Waals surface area (Å²) in [4.78, 5) is 0. The molecule has 0 spiro atoms. The molecule has 1 fully saturated rings. The molecule has 0 bridgehead atoms. The van der Waals surface area contributed by atoms with Crippen molar-refractivity contribution in [3.8, 4) is 0 Å². The van der Waals surface area contributed by atoms with Crippen LogP contribution in [0.3, 0.4) is 0 Å². The summed E-state index contributed by atoms with van der Waals surface area (Å²) >= 11 is 11.5. The first-order valence-electron chi connectivity index (χ1n) is 6.90. The Balaban J connectivity index is 1.91. The SMILES string of the molecule is Cc1ccc(NC(=S)N[C@H]2CCCC[C@@H]2C)cc1Cl. The zero-order valence-corrected chi connectivity index (χ0v) is 13.1. The van der Waals surface area contributed by atoms with Crippen LogP contribution in [-0.2, 0) is 0 Å². The van der Waals surface area contributed by atoms with E-state index in [1.54, 1.807) is 0 Å². The fraction of sp³-hybridized carbons (Fsp3) is 0.533. The number of anilines is 1. The lowest BCUT2D eigenvalue weighted by molar-refractivity contribution is 0.309. The van der Waals surface area contributed by atoms with Crippen molar-refractivity contribution < 1.29 is 0 Å². The lowest BCUT2D eigenvalue weighted by Gasteiger charge is -2.30.